The van der Waals surface area contributed by atoms with Crippen LogP contribution in [0.15, 0.2) is 46.8 Å². The van der Waals surface area contributed by atoms with E-state index < -0.39 is 11.2 Å². The van der Waals surface area contributed by atoms with Gasteiger partial charge in [0.25, 0.3) is 5.69 Å². The monoisotopic (exact) mass is 289 g/mol. The van der Waals surface area contributed by atoms with Crippen molar-refractivity contribution in [2.24, 2.45) is 4.99 Å². The number of benzene rings is 1. The van der Waals surface area contributed by atoms with Crippen LogP contribution in [0.1, 0.15) is 16.7 Å². The Morgan fingerprint density at radius 2 is 2.15 bits per heavy atom. The van der Waals surface area contributed by atoms with Gasteiger partial charge < -0.3 is 0 Å². The van der Waals surface area contributed by atoms with Gasteiger partial charge in [-0.2, -0.15) is 0 Å². The molecule has 0 radical (unpaired) electrons. The summed E-state index contributed by atoms with van der Waals surface area (Å²) in [5.74, 6) is 0.760. The number of nitrogens with one attached hydrogen (secondary N) is 1. The van der Waals surface area contributed by atoms with Gasteiger partial charge in [0.1, 0.15) is 5.84 Å². The molecular formula is C13H11N3O3S. The standard InChI is InChI=1S/C13H11N3O3S/c17-16(18)10-5-3-9(4-6-10)13-14-12(15-19-13)8-11-2-1-7-20-11/h1-7,13H,8H2,(H,14,15). The molecule has 0 aliphatic carbocycles. The first-order valence-electron chi connectivity index (χ1n) is 5.97. The average molecular weight is 289 g/mol. The van der Waals surface area contributed by atoms with E-state index in [0.29, 0.717) is 6.42 Å². The summed E-state index contributed by atoms with van der Waals surface area (Å²) in [5, 5.41) is 12.6. The van der Waals surface area contributed by atoms with Gasteiger partial charge in [0.15, 0.2) is 0 Å². The fraction of sp³-hybridized carbons (Fsp3) is 0.154. The molecule has 1 unspecified atom stereocenters. The lowest BCUT2D eigenvalue weighted by molar-refractivity contribution is -0.384. The molecule has 1 atom stereocenters. The van der Waals surface area contributed by atoms with Crippen LogP contribution in [-0.4, -0.2) is 10.8 Å². The van der Waals surface area contributed by atoms with Gasteiger partial charge in [-0.15, -0.1) is 11.3 Å². The predicted octanol–water partition coefficient (Wildman–Crippen LogP) is 2.83. The molecule has 1 N–H and O–H groups in total. The van der Waals surface area contributed by atoms with Crippen LogP contribution in [0.4, 0.5) is 5.69 Å². The Bertz CT molecular complexity index is 637. The SMILES string of the molecule is O=[N+]([O-])c1ccc(C2N=C(Cc3cccs3)NO2)cc1. The van der Waals surface area contributed by atoms with E-state index in [2.05, 4.69) is 10.5 Å². The largest absolute Gasteiger partial charge is 0.269 e. The number of non-ortho nitro benzene ring substituents is 1. The second kappa shape index (κ2) is 5.40. The van der Waals surface area contributed by atoms with Crippen LogP contribution in [-0.2, 0) is 11.3 Å². The summed E-state index contributed by atoms with van der Waals surface area (Å²) in [4.78, 5) is 21.2. The van der Waals surface area contributed by atoms with Crippen molar-refractivity contribution < 1.29 is 9.76 Å². The normalized spacial score (nSPS) is 17.6. The number of hydroxylamine groups is 1. The molecule has 6 nitrogen and oxygen atoms in total. The minimum atomic E-state index is -0.453. The molecule has 0 bridgehead atoms. The van der Waals surface area contributed by atoms with Crippen molar-refractivity contribution in [2.45, 2.75) is 12.6 Å². The third kappa shape index (κ3) is 2.68. The Kier molecular flexibility index (Phi) is 3.44. The summed E-state index contributed by atoms with van der Waals surface area (Å²) in [6.07, 6.45) is 0.243. The van der Waals surface area contributed by atoms with Gasteiger partial charge in [0.2, 0.25) is 6.23 Å². The van der Waals surface area contributed by atoms with Gasteiger partial charge in [-0.1, -0.05) is 6.07 Å². The van der Waals surface area contributed by atoms with Crippen molar-refractivity contribution in [1.29, 1.82) is 0 Å². The van der Waals surface area contributed by atoms with Crippen LogP contribution in [0, 0.1) is 10.1 Å². The first-order valence-corrected chi connectivity index (χ1v) is 6.85. The molecule has 2 aromatic rings. The number of aliphatic imine (C=N–C) groups is 1. The highest BCUT2D eigenvalue weighted by Crippen LogP contribution is 2.24. The van der Waals surface area contributed by atoms with Gasteiger partial charge in [0, 0.05) is 29.0 Å². The zero-order chi connectivity index (χ0) is 13.9. The smallest absolute Gasteiger partial charge is 0.258 e. The molecule has 20 heavy (non-hydrogen) atoms. The molecule has 7 heteroatoms. The van der Waals surface area contributed by atoms with Crippen LogP contribution in [0.5, 0.6) is 0 Å². The van der Waals surface area contributed by atoms with Crippen molar-refractivity contribution in [3.63, 3.8) is 0 Å². The number of nitro groups is 1. The van der Waals surface area contributed by atoms with Gasteiger partial charge in [-0.25, -0.2) is 9.83 Å². The van der Waals surface area contributed by atoms with E-state index in [9.17, 15) is 10.1 Å². The van der Waals surface area contributed by atoms with E-state index in [0.717, 1.165) is 11.4 Å². The maximum Gasteiger partial charge on any atom is 0.269 e. The van der Waals surface area contributed by atoms with Crippen molar-refractivity contribution >= 4 is 22.9 Å². The van der Waals surface area contributed by atoms with Gasteiger partial charge >= 0.3 is 0 Å². The van der Waals surface area contributed by atoms with E-state index in [1.165, 1.54) is 17.0 Å². The van der Waals surface area contributed by atoms with Gasteiger partial charge in [-0.05, 0) is 23.6 Å². The van der Waals surface area contributed by atoms with Crippen LogP contribution in [0.3, 0.4) is 0 Å². The van der Waals surface area contributed by atoms with Crippen LogP contribution < -0.4 is 5.48 Å². The Morgan fingerprint density at radius 1 is 1.35 bits per heavy atom. The number of amidine groups is 1. The molecule has 0 saturated carbocycles. The van der Waals surface area contributed by atoms with Gasteiger partial charge in [-0.3, -0.25) is 15.6 Å². The maximum atomic E-state index is 10.6. The van der Waals surface area contributed by atoms with Crippen molar-refractivity contribution in [3.8, 4) is 0 Å². The van der Waals surface area contributed by atoms with E-state index >= 15 is 0 Å². The quantitative estimate of drug-likeness (QED) is 0.693. The summed E-state index contributed by atoms with van der Waals surface area (Å²) >= 11 is 1.66. The summed E-state index contributed by atoms with van der Waals surface area (Å²) in [6.45, 7) is 0. The van der Waals surface area contributed by atoms with E-state index in [-0.39, 0.29) is 5.69 Å². The van der Waals surface area contributed by atoms with E-state index in [1.54, 1.807) is 23.5 Å². The highest BCUT2D eigenvalue weighted by molar-refractivity contribution is 7.10. The summed E-state index contributed by atoms with van der Waals surface area (Å²) in [6, 6.07) is 10.2. The summed E-state index contributed by atoms with van der Waals surface area (Å²) in [7, 11) is 0. The molecule has 1 aliphatic heterocycles. The van der Waals surface area contributed by atoms with Crippen LogP contribution in [0.2, 0.25) is 0 Å². The average Bonchev–Trinajstić information content (AvgIpc) is 3.11. The molecule has 1 aromatic heterocycles. The summed E-state index contributed by atoms with van der Waals surface area (Å²) in [5.41, 5.74) is 3.64. The number of nitro benzene ring substituents is 1. The number of thiophene rings is 1. The minimum Gasteiger partial charge on any atom is -0.258 e. The van der Waals surface area contributed by atoms with Crippen molar-refractivity contribution in [1.82, 2.24) is 5.48 Å². The molecular weight excluding hydrogens is 278 g/mol. The molecule has 1 aromatic carbocycles. The maximum absolute atomic E-state index is 10.6. The topological polar surface area (TPSA) is 76.8 Å². The lowest BCUT2D eigenvalue weighted by Gasteiger charge is -2.05. The lowest BCUT2D eigenvalue weighted by atomic mass is 10.2. The fourth-order valence-corrected chi connectivity index (χ4v) is 2.59. The Balaban J connectivity index is 1.72. The van der Waals surface area contributed by atoms with Crippen LogP contribution >= 0.6 is 11.3 Å². The number of hydrogen-bond acceptors (Lipinski definition) is 6. The predicted molar refractivity (Wildman–Crippen MR) is 75.5 cm³/mol. The third-order valence-electron chi connectivity index (χ3n) is 2.87. The molecule has 0 spiro atoms. The third-order valence-corrected chi connectivity index (χ3v) is 3.75. The molecule has 102 valence electrons. The zero-order valence-corrected chi connectivity index (χ0v) is 11.2. The summed E-state index contributed by atoms with van der Waals surface area (Å²) < 4.78 is 0. The van der Waals surface area contributed by atoms with E-state index in [4.69, 9.17) is 4.84 Å². The number of hydrogen-bond donors (Lipinski definition) is 1. The van der Waals surface area contributed by atoms with E-state index in [1.807, 2.05) is 17.5 Å². The van der Waals surface area contributed by atoms with Crippen LogP contribution in [0.25, 0.3) is 0 Å². The molecule has 0 fully saturated rings. The first kappa shape index (κ1) is 12.8. The van der Waals surface area contributed by atoms with Crippen molar-refractivity contribution in [3.05, 3.63) is 62.3 Å². The minimum absolute atomic E-state index is 0.0579. The van der Waals surface area contributed by atoms with Crippen molar-refractivity contribution in [2.75, 3.05) is 0 Å². The number of nitrogens with zero attached hydrogens (tertiary/aromatic N) is 2. The lowest BCUT2D eigenvalue weighted by Crippen LogP contribution is -2.18. The highest BCUT2D eigenvalue weighted by Gasteiger charge is 2.20. The molecule has 0 saturated heterocycles. The Labute approximate surface area is 118 Å². The van der Waals surface area contributed by atoms with Gasteiger partial charge in [0.05, 0.1) is 4.92 Å². The molecule has 3 rings (SSSR count). The second-order valence-electron chi connectivity index (χ2n) is 4.25. The highest BCUT2D eigenvalue weighted by atomic mass is 32.1. The number of rotatable bonds is 4. The Hall–Kier alpha value is -2.25. The Morgan fingerprint density at radius 3 is 2.80 bits per heavy atom. The molecule has 0 amide bonds. The molecule has 2 heterocycles. The first-order chi connectivity index (χ1) is 9.72. The fourth-order valence-electron chi connectivity index (χ4n) is 1.88. The second-order valence-corrected chi connectivity index (χ2v) is 5.29. The zero-order valence-electron chi connectivity index (χ0n) is 10.4. The molecule has 1 aliphatic rings.